The molecule has 0 aliphatic rings. The minimum atomic E-state index is -1.13. The highest BCUT2D eigenvalue weighted by molar-refractivity contribution is 5.85. The highest BCUT2D eigenvalue weighted by Gasteiger charge is 2.10. The normalized spacial score (nSPS) is 10.4. The van der Waals surface area contributed by atoms with Gasteiger partial charge in [-0.15, -0.1) is 0 Å². The van der Waals surface area contributed by atoms with Crippen LogP contribution >= 0.6 is 0 Å². The van der Waals surface area contributed by atoms with Gasteiger partial charge < -0.3 is 19.4 Å². The van der Waals surface area contributed by atoms with Gasteiger partial charge in [0.2, 0.25) is 5.89 Å². The van der Waals surface area contributed by atoms with Crippen molar-refractivity contribution in [2.75, 3.05) is 11.9 Å². The van der Waals surface area contributed by atoms with E-state index in [1.165, 1.54) is 0 Å². The van der Waals surface area contributed by atoms with Crippen molar-refractivity contribution in [3.05, 3.63) is 23.7 Å². The maximum atomic E-state index is 10.5. The van der Waals surface area contributed by atoms with Gasteiger partial charge in [-0.1, -0.05) is 5.16 Å². The third-order valence-electron chi connectivity index (χ3n) is 1.91. The van der Waals surface area contributed by atoms with Crippen LogP contribution in [0.3, 0.4) is 0 Å². The highest BCUT2D eigenvalue weighted by atomic mass is 16.5. The number of carboxylic acid groups (broad SMARTS) is 1. The second kappa shape index (κ2) is 4.64. The van der Waals surface area contributed by atoms with Crippen molar-refractivity contribution in [1.82, 2.24) is 15.1 Å². The van der Waals surface area contributed by atoms with Gasteiger partial charge in [0.1, 0.15) is 6.26 Å². The van der Waals surface area contributed by atoms with E-state index in [0.717, 1.165) is 6.26 Å². The van der Waals surface area contributed by atoms with Crippen LogP contribution in [-0.4, -0.2) is 32.7 Å². The van der Waals surface area contributed by atoms with Crippen molar-refractivity contribution in [2.24, 2.45) is 0 Å². The monoisotopic (exact) mass is 238 g/mol. The molecule has 0 saturated heterocycles. The molecule has 0 fully saturated rings. The fraction of sp³-hybridized carbons (Fsp3) is 0.333. The van der Waals surface area contributed by atoms with Gasteiger partial charge >= 0.3 is 5.97 Å². The van der Waals surface area contributed by atoms with Crippen molar-refractivity contribution < 1.29 is 18.8 Å². The van der Waals surface area contributed by atoms with Crippen molar-refractivity contribution in [1.29, 1.82) is 0 Å². The molecular weight excluding hydrogens is 228 g/mol. The van der Waals surface area contributed by atoms with Gasteiger partial charge in [0.15, 0.2) is 11.5 Å². The molecule has 0 aliphatic heterocycles. The Kier molecular flexibility index (Phi) is 3.03. The molecule has 2 rings (SSSR count). The number of carboxylic acids is 1. The van der Waals surface area contributed by atoms with Crippen molar-refractivity contribution >= 4 is 12.0 Å². The van der Waals surface area contributed by atoms with Crippen LogP contribution in [0.4, 0.5) is 6.01 Å². The second-order valence-electron chi connectivity index (χ2n) is 3.26. The Morgan fingerprint density at radius 2 is 2.35 bits per heavy atom. The van der Waals surface area contributed by atoms with E-state index in [2.05, 4.69) is 20.4 Å². The van der Waals surface area contributed by atoms with E-state index < -0.39 is 5.97 Å². The summed E-state index contributed by atoms with van der Waals surface area (Å²) >= 11 is 0. The predicted octanol–water partition coefficient (Wildman–Crippen LogP) is 0.719. The molecule has 0 bridgehead atoms. The Labute approximate surface area is 95.7 Å². The van der Waals surface area contributed by atoms with Crippen LogP contribution in [0.15, 0.2) is 15.2 Å². The van der Waals surface area contributed by atoms with E-state index in [9.17, 15) is 4.79 Å². The zero-order valence-corrected chi connectivity index (χ0v) is 9.01. The van der Waals surface area contributed by atoms with E-state index in [1.54, 1.807) is 6.92 Å². The fourth-order valence-electron chi connectivity index (χ4n) is 1.17. The minimum absolute atomic E-state index is 0.138. The number of anilines is 1. The summed E-state index contributed by atoms with van der Waals surface area (Å²) in [5.74, 6) is -0.0568. The van der Waals surface area contributed by atoms with Gasteiger partial charge in [-0.2, -0.15) is 9.97 Å². The standard InChI is InChI=1S/C9H10N4O4/c1-5-11-7(17-13-5)2-3-10-9-12-6(4-16-9)8(14)15/h4H,2-3H2,1H3,(H,10,12)(H,14,15). The number of oxazole rings is 1. The van der Waals surface area contributed by atoms with Crippen LogP contribution in [0.25, 0.3) is 0 Å². The molecule has 8 nitrogen and oxygen atoms in total. The first-order chi connectivity index (χ1) is 8.15. The van der Waals surface area contributed by atoms with Crippen LogP contribution in [0.5, 0.6) is 0 Å². The molecule has 0 spiro atoms. The van der Waals surface area contributed by atoms with Crippen molar-refractivity contribution in [3.8, 4) is 0 Å². The minimum Gasteiger partial charge on any atom is -0.476 e. The number of hydrogen-bond donors (Lipinski definition) is 2. The van der Waals surface area contributed by atoms with Gasteiger partial charge in [-0.3, -0.25) is 0 Å². The summed E-state index contributed by atoms with van der Waals surface area (Å²) in [5, 5.41) is 15.1. The zero-order valence-electron chi connectivity index (χ0n) is 9.01. The number of aromatic carboxylic acids is 1. The predicted molar refractivity (Wildman–Crippen MR) is 54.7 cm³/mol. The summed E-state index contributed by atoms with van der Waals surface area (Å²) in [6, 6.07) is 0.152. The SMILES string of the molecule is Cc1noc(CCNc2nc(C(=O)O)co2)n1. The summed E-state index contributed by atoms with van der Waals surface area (Å²) in [4.78, 5) is 18.2. The topological polar surface area (TPSA) is 114 Å². The average molecular weight is 238 g/mol. The molecule has 0 atom stereocenters. The molecule has 17 heavy (non-hydrogen) atoms. The average Bonchev–Trinajstić information content (AvgIpc) is 2.88. The van der Waals surface area contributed by atoms with E-state index in [-0.39, 0.29) is 11.7 Å². The van der Waals surface area contributed by atoms with Gasteiger partial charge in [-0.25, -0.2) is 4.79 Å². The first-order valence-electron chi connectivity index (χ1n) is 4.87. The Balaban J connectivity index is 1.83. The molecule has 90 valence electrons. The third kappa shape index (κ3) is 2.80. The number of nitrogens with zero attached hydrogens (tertiary/aromatic N) is 3. The molecule has 2 aromatic rings. The summed E-state index contributed by atoms with van der Waals surface area (Å²) < 4.78 is 9.80. The lowest BCUT2D eigenvalue weighted by Gasteiger charge is -1.96. The molecular formula is C9H10N4O4. The summed E-state index contributed by atoms with van der Waals surface area (Å²) in [6.07, 6.45) is 1.58. The van der Waals surface area contributed by atoms with Crippen LogP contribution in [0.1, 0.15) is 22.2 Å². The van der Waals surface area contributed by atoms with Crippen molar-refractivity contribution in [2.45, 2.75) is 13.3 Å². The molecule has 8 heteroatoms. The number of carbonyl (C=O) groups is 1. The maximum Gasteiger partial charge on any atom is 0.357 e. The highest BCUT2D eigenvalue weighted by Crippen LogP contribution is 2.07. The van der Waals surface area contributed by atoms with Gasteiger partial charge in [0.25, 0.3) is 6.01 Å². The number of hydrogen-bond acceptors (Lipinski definition) is 7. The molecule has 0 unspecified atom stereocenters. The second-order valence-corrected chi connectivity index (χ2v) is 3.26. The molecule has 0 aliphatic carbocycles. The third-order valence-corrected chi connectivity index (χ3v) is 1.91. The maximum absolute atomic E-state index is 10.5. The summed E-state index contributed by atoms with van der Waals surface area (Å²) in [5.41, 5.74) is -0.138. The Morgan fingerprint density at radius 1 is 1.53 bits per heavy atom. The molecule has 0 radical (unpaired) electrons. The quantitative estimate of drug-likeness (QED) is 0.782. The number of rotatable bonds is 5. The molecule has 2 N–H and O–H groups in total. The zero-order chi connectivity index (χ0) is 12.3. The van der Waals surface area contributed by atoms with Crippen molar-refractivity contribution in [3.63, 3.8) is 0 Å². The Bertz CT molecular complexity index is 519. The summed E-state index contributed by atoms with van der Waals surface area (Å²) in [6.45, 7) is 2.19. The largest absolute Gasteiger partial charge is 0.476 e. The Morgan fingerprint density at radius 3 is 2.94 bits per heavy atom. The molecule has 2 aromatic heterocycles. The first-order valence-corrected chi connectivity index (χ1v) is 4.87. The molecule has 0 amide bonds. The van der Waals surface area contributed by atoms with E-state index in [1.807, 2.05) is 0 Å². The van der Waals surface area contributed by atoms with E-state index in [4.69, 9.17) is 14.0 Å². The fourth-order valence-corrected chi connectivity index (χ4v) is 1.17. The van der Waals surface area contributed by atoms with E-state index >= 15 is 0 Å². The molecule has 0 saturated carbocycles. The molecule has 0 aromatic carbocycles. The van der Waals surface area contributed by atoms with E-state index in [0.29, 0.717) is 24.7 Å². The smallest absolute Gasteiger partial charge is 0.357 e. The van der Waals surface area contributed by atoms with Crippen LogP contribution in [0.2, 0.25) is 0 Å². The summed E-state index contributed by atoms with van der Waals surface area (Å²) in [7, 11) is 0. The lowest BCUT2D eigenvalue weighted by atomic mass is 10.4. The van der Waals surface area contributed by atoms with Crippen LogP contribution in [-0.2, 0) is 6.42 Å². The number of nitrogens with one attached hydrogen (secondary N) is 1. The first kappa shape index (κ1) is 11.1. The Hall–Kier alpha value is -2.38. The van der Waals surface area contributed by atoms with Crippen LogP contribution in [0, 0.1) is 6.92 Å². The van der Waals surface area contributed by atoms with Gasteiger partial charge in [-0.05, 0) is 6.92 Å². The van der Waals surface area contributed by atoms with Gasteiger partial charge in [0.05, 0.1) is 0 Å². The number of aromatic nitrogens is 3. The lowest BCUT2D eigenvalue weighted by molar-refractivity contribution is 0.0690. The lowest BCUT2D eigenvalue weighted by Crippen LogP contribution is -2.06. The van der Waals surface area contributed by atoms with Gasteiger partial charge in [0, 0.05) is 13.0 Å². The van der Waals surface area contributed by atoms with Crippen LogP contribution < -0.4 is 5.32 Å². The number of aryl methyl sites for hydroxylation is 1. The molecule has 2 heterocycles.